The van der Waals surface area contributed by atoms with Crippen LogP contribution in [0.1, 0.15) is 137 Å². The van der Waals surface area contributed by atoms with Crippen LogP contribution in [0.25, 0.3) is 0 Å². The third-order valence-electron chi connectivity index (χ3n) is 6.46. The van der Waals surface area contributed by atoms with E-state index < -0.39 is 27.0 Å². The van der Waals surface area contributed by atoms with E-state index in [0.717, 1.165) is 108 Å². The van der Waals surface area contributed by atoms with Gasteiger partial charge in [0.1, 0.15) is 10.1 Å². The van der Waals surface area contributed by atoms with E-state index in [-0.39, 0.29) is 53.9 Å². The van der Waals surface area contributed by atoms with Gasteiger partial charge in [-0.1, -0.05) is 89.5 Å². The Morgan fingerprint density at radius 3 is 1.54 bits per heavy atom. The summed E-state index contributed by atoms with van der Waals surface area (Å²) in [5.74, 6) is -1.58. The normalized spacial score (nSPS) is 11.6. The summed E-state index contributed by atoms with van der Waals surface area (Å²) in [4.78, 5) is 24.8. The van der Waals surface area contributed by atoms with Crippen LogP contribution in [0.15, 0.2) is 47.4 Å². The molecule has 0 aliphatic heterocycles. The smallest absolute Gasteiger partial charge is 0.744 e. The third-order valence-corrected chi connectivity index (χ3v) is 7.29. The fourth-order valence-electron chi connectivity index (χ4n) is 4.10. The molecule has 7 nitrogen and oxygen atoms in total. The first-order valence-corrected chi connectivity index (χ1v) is 16.5. The number of hydrogen-bond donors (Lipinski definition) is 0. The third kappa shape index (κ3) is 19.4. The molecule has 0 unspecified atom stereocenters. The Morgan fingerprint density at radius 1 is 0.659 bits per heavy atom. The first-order valence-electron chi connectivity index (χ1n) is 15.0. The molecule has 1 rings (SSSR count). The van der Waals surface area contributed by atoms with Gasteiger partial charge in [0.25, 0.3) is 0 Å². The molecule has 0 radical (unpaired) electrons. The van der Waals surface area contributed by atoms with Crippen molar-refractivity contribution in [2.24, 2.45) is 0 Å². The molecule has 0 aliphatic carbocycles. The fraction of sp³-hybridized carbons (Fsp3) is 0.625. The molecule has 0 amide bonds. The van der Waals surface area contributed by atoms with E-state index in [1.807, 2.05) is 0 Å². The molecule has 226 valence electrons. The van der Waals surface area contributed by atoms with E-state index in [1.165, 1.54) is 0 Å². The Balaban J connectivity index is 0.0000160. The molecule has 0 N–H and O–H groups in total. The van der Waals surface area contributed by atoms with Crippen LogP contribution >= 0.6 is 0 Å². The molecule has 1 aromatic carbocycles. The summed E-state index contributed by atoms with van der Waals surface area (Å²) >= 11 is 0. The number of hydrogen-bond acceptors (Lipinski definition) is 7. The maximum absolute atomic E-state index is 12.7. The van der Waals surface area contributed by atoms with Crippen LogP contribution in [0, 0.1) is 0 Å². The standard InChI is InChI=1S/C32H50O7S.Na/c1-3-5-7-9-11-13-15-17-19-21-25-38-31(33)29-24-23-28(40(35,36)37)27-30(29)32(34)39-26-22-20-18-16-14-12-10-8-6-4-2;/h7-10,23-24,27H,3-6,11-22,25-26H2,1-2H3,(H,35,36,37);/q;+1/p-1/b9-7+,10-8+;. The predicted octanol–water partition coefficient (Wildman–Crippen LogP) is 5.30. The van der Waals surface area contributed by atoms with Crippen molar-refractivity contribution in [2.75, 3.05) is 13.2 Å². The fourth-order valence-corrected chi connectivity index (χ4v) is 4.60. The molecule has 0 bridgehead atoms. The van der Waals surface area contributed by atoms with Crippen LogP contribution in [-0.4, -0.2) is 38.1 Å². The van der Waals surface area contributed by atoms with Gasteiger partial charge in [-0.15, -0.1) is 0 Å². The minimum atomic E-state index is -4.80. The number of esters is 2. The molecule has 9 heteroatoms. The van der Waals surface area contributed by atoms with Crippen molar-refractivity contribution >= 4 is 22.1 Å². The zero-order chi connectivity index (χ0) is 29.5. The Kier molecular flexibility index (Phi) is 24.2. The molecule has 0 fully saturated rings. The second kappa shape index (κ2) is 25.1. The summed E-state index contributed by atoms with van der Waals surface area (Å²) in [5.41, 5.74) is -0.371. The largest absolute Gasteiger partial charge is 1.00 e. The van der Waals surface area contributed by atoms with Gasteiger partial charge in [-0.25, -0.2) is 18.0 Å². The Hall–Kier alpha value is -1.45. The monoisotopic (exact) mass is 600 g/mol. The number of carbonyl (C=O) groups excluding carboxylic acids is 2. The van der Waals surface area contributed by atoms with E-state index in [2.05, 4.69) is 38.2 Å². The maximum atomic E-state index is 12.7. The molecule has 0 aromatic heterocycles. The molecule has 0 spiro atoms. The zero-order valence-corrected chi connectivity index (χ0v) is 28.4. The van der Waals surface area contributed by atoms with E-state index >= 15 is 0 Å². The summed E-state index contributed by atoms with van der Waals surface area (Å²) in [6, 6.07) is 3.06. The zero-order valence-electron chi connectivity index (χ0n) is 25.5. The van der Waals surface area contributed by atoms with Crippen molar-refractivity contribution in [3.05, 3.63) is 53.6 Å². The Bertz CT molecular complexity index is 1020. The number of allylic oxidation sites excluding steroid dienone is 4. The summed E-state index contributed by atoms with van der Waals surface area (Å²) in [7, 11) is -4.80. The van der Waals surface area contributed by atoms with Gasteiger partial charge in [-0.05, 0) is 69.6 Å². The van der Waals surface area contributed by atoms with Crippen LogP contribution < -0.4 is 29.6 Å². The number of benzene rings is 1. The molecule has 0 heterocycles. The number of rotatable bonds is 23. The van der Waals surface area contributed by atoms with Crippen LogP contribution in [0.3, 0.4) is 0 Å². The molecule has 41 heavy (non-hydrogen) atoms. The van der Waals surface area contributed by atoms with Gasteiger partial charge >= 0.3 is 41.5 Å². The predicted molar refractivity (Wildman–Crippen MR) is 158 cm³/mol. The van der Waals surface area contributed by atoms with E-state index in [0.29, 0.717) is 12.8 Å². The first kappa shape index (κ1) is 39.5. The summed E-state index contributed by atoms with van der Waals surface area (Å²) in [6.07, 6.45) is 25.3. The topological polar surface area (TPSA) is 110 Å². The number of carbonyl (C=O) groups is 2. The second-order valence-corrected chi connectivity index (χ2v) is 11.4. The first-order chi connectivity index (χ1) is 19.3. The molecular weight excluding hydrogens is 551 g/mol. The van der Waals surface area contributed by atoms with Gasteiger partial charge in [0.15, 0.2) is 0 Å². The second-order valence-electron chi connectivity index (χ2n) is 10.1. The number of unbranched alkanes of at least 4 members (excludes halogenated alkanes) is 12. The number of ether oxygens (including phenoxy) is 2. The van der Waals surface area contributed by atoms with Crippen LogP contribution in [0.5, 0.6) is 0 Å². The van der Waals surface area contributed by atoms with Crippen molar-refractivity contribution in [3.63, 3.8) is 0 Å². The van der Waals surface area contributed by atoms with Crippen molar-refractivity contribution in [2.45, 2.75) is 121 Å². The van der Waals surface area contributed by atoms with E-state index in [4.69, 9.17) is 9.47 Å². The van der Waals surface area contributed by atoms with Crippen molar-refractivity contribution in [1.82, 2.24) is 0 Å². The summed E-state index contributed by atoms with van der Waals surface area (Å²) < 4.78 is 45.2. The van der Waals surface area contributed by atoms with Crippen LogP contribution in [-0.2, 0) is 19.6 Å². The summed E-state index contributed by atoms with van der Waals surface area (Å²) in [5, 5.41) is 0. The van der Waals surface area contributed by atoms with Gasteiger partial charge < -0.3 is 14.0 Å². The van der Waals surface area contributed by atoms with E-state index in [1.54, 1.807) is 0 Å². The molecule has 0 saturated carbocycles. The molecule has 0 atom stereocenters. The van der Waals surface area contributed by atoms with Gasteiger partial charge in [0.05, 0.1) is 29.2 Å². The van der Waals surface area contributed by atoms with Gasteiger partial charge in [-0.2, -0.15) is 0 Å². The van der Waals surface area contributed by atoms with Gasteiger partial charge in [-0.3, -0.25) is 0 Å². The summed E-state index contributed by atoms with van der Waals surface area (Å²) in [6.45, 7) is 4.66. The van der Waals surface area contributed by atoms with Crippen molar-refractivity contribution in [1.29, 1.82) is 0 Å². The minimum Gasteiger partial charge on any atom is -0.744 e. The molecule has 0 saturated heterocycles. The van der Waals surface area contributed by atoms with Crippen molar-refractivity contribution < 1.29 is 61.6 Å². The quantitative estimate of drug-likeness (QED) is 0.0551. The Morgan fingerprint density at radius 2 is 1.07 bits per heavy atom. The molecule has 1 aromatic rings. The minimum absolute atomic E-state index is 0. The van der Waals surface area contributed by atoms with Gasteiger partial charge in [0.2, 0.25) is 0 Å². The van der Waals surface area contributed by atoms with Crippen LogP contribution in [0.2, 0.25) is 0 Å². The maximum Gasteiger partial charge on any atom is 1.00 e. The SMILES string of the molecule is CCC/C=C/CCCCCCCOC(=O)c1ccc(S(=O)(=O)[O-])cc1C(=O)OCCCCCCC/C=C/CCC.[Na+]. The average Bonchev–Trinajstić information content (AvgIpc) is 2.93. The molecular formula is C32H49NaO7S. The van der Waals surface area contributed by atoms with Crippen molar-refractivity contribution in [3.8, 4) is 0 Å². The van der Waals surface area contributed by atoms with Crippen LogP contribution in [0.4, 0.5) is 0 Å². The van der Waals surface area contributed by atoms with E-state index in [9.17, 15) is 22.6 Å². The molecule has 0 aliphatic rings. The van der Waals surface area contributed by atoms with Gasteiger partial charge in [0, 0.05) is 0 Å². The average molecular weight is 601 g/mol. The Labute approximate surface area is 270 Å².